The van der Waals surface area contributed by atoms with Gasteiger partial charge in [-0.05, 0) is 13.3 Å². The van der Waals surface area contributed by atoms with Crippen LogP contribution in [0.25, 0.3) is 0 Å². The Bertz CT molecular complexity index is 747. The Balaban J connectivity index is 1.65. The summed E-state index contributed by atoms with van der Waals surface area (Å²) < 4.78 is 5.07. The largest absolute Gasteiger partial charge is 0.448 e. The van der Waals surface area contributed by atoms with E-state index < -0.39 is 5.60 Å². The molecular weight excluding hydrogens is 310 g/mol. The molecule has 1 N–H and O–H groups in total. The Morgan fingerprint density at radius 2 is 2.25 bits per heavy atom. The molecule has 1 atom stereocenters. The minimum Gasteiger partial charge on any atom is -0.448 e. The van der Waals surface area contributed by atoms with Gasteiger partial charge in [-0.1, -0.05) is 0 Å². The first-order valence-electron chi connectivity index (χ1n) is 7.80. The highest BCUT2D eigenvalue weighted by atomic mass is 16.3. The lowest BCUT2D eigenvalue weighted by molar-refractivity contribution is 0.0262. The number of hydrogen-bond donors (Lipinski definition) is 1. The Kier molecular flexibility index (Phi) is 4.23. The van der Waals surface area contributed by atoms with Gasteiger partial charge in [0.1, 0.15) is 24.0 Å². The molecular formula is C16H21N5O3. The van der Waals surface area contributed by atoms with Crippen LogP contribution in [-0.2, 0) is 0 Å². The van der Waals surface area contributed by atoms with Gasteiger partial charge in [0.05, 0.1) is 6.54 Å². The van der Waals surface area contributed by atoms with Gasteiger partial charge in [-0.15, -0.1) is 0 Å². The second kappa shape index (κ2) is 6.20. The van der Waals surface area contributed by atoms with Gasteiger partial charge in [-0.3, -0.25) is 4.79 Å². The summed E-state index contributed by atoms with van der Waals surface area (Å²) in [6, 6.07) is 1.89. The minimum atomic E-state index is -0.984. The molecule has 2 aromatic rings. The molecule has 1 amide bonds. The second-order valence-electron chi connectivity index (χ2n) is 6.33. The molecule has 128 valence electrons. The zero-order chi connectivity index (χ0) is 17.3. The first-order valence-corrected chi connectivity index (χ1v) is 7.80. The topological polar surface area (TPSA) is 95.6 Å². The van der Waals surface area contributed by atoms with Crippen molar-refractivity contribution >= 4 is 11.7 Å². The Hall–Kier alpha value is -2.48. The average molecular weight is 331 g/mol. The molecule has 1 aliphatic rings. The molecule has 2 aromatic heterocycles. The lowest BCUT2D eigenvalue weighted by Crippen LogP contribution is -2.46. The highest BCUT2D eigenvalue weighted by Gasteiger charge is 2.38. The van der Waals surface area contributed by atoms with E-state index in [0.29, 0.717) is 25.4 Å². The van der Waals surface area contributed by atoms with E-state index in [2.05, 4.69) is 15.0 Å². The quantitative estimate of drug-likeness (QED) is 0.885. The van der Waals surface area contributed by atoms with E-state index >= 15 is 0 Å². The van der Waals surface area contributed by atoms with Crippen molar-refractivity contribution in [1.82, 2.24) is 19.9 Å². The van der Waals surface area contributed by atoms with Crippen molar-refractivity contribution in [3.8, 4) is 0 Å². The van der Waals surface area contributed by atoms with Crippen molar-refractivity contribution in [2.75, 3.05) is 31.6 Å². The first-order chi connectivity index (χ1) is 11.4. The standard InChI is InChI=1S/C16H21N5O3/c1-11-6-14(18-10-17-11)21-5-4-16(23,9-21)8-20(3)15(22)13-7-24-12(2)19-13/h6-7,10,23H,4-5,8-9H2,1-3H3/t16-/m1/s1. The maximum absolute atomic E-state index is 12.3. The van der Waals surface area contributed by atoms with E-state index in [0.717, 1.165) is 11.5 Å². The zero-order valence-corrected chi connectivity index (χ0v) is 14.1. The molecule has 0 unspecified atom stereocenters. The number of aliphatic hydroxyl groups is 1. The van der Waals surface area contributed by atoms with Crippen molar-refractivity contribution in [1.29, 1.82) is 0 Å². The molecule has 1 fully saturated rings. The van der Waals surface area contributed by atoms with Gasteiger partial charge in [0.15, 0.2) is 11.6 Å². The number of carbonyl (C=O) groups excluding carboxylic acids is 1. The number of aryl methyl sites for hydroxylation is 2. The van der Waals surface area contributed by atoms with Gasteiger partial charge in [0.25, 0.3) is 5.91 Å². The number of oxazole rings is 1. The molecule has 0 spiro atoms. The number of likely N-dealkylation sites (N-methyl/N-ethyl adjacent to an activating group) is 1. The highest BCUT2D eigenvalue weighted by Crippen LogP contribution is 2.26. The molecule has 0 bridgehead atoms. The summed E-state index contributed by atoms with van der Waals surface area (Å²) in [6.45, 7) is 4.90. The number of aromatic nitrogens is 3. The van der Waals surface area contributed by atoms with Gasteiger partial charge >= 0.3 is 0 Å². The van der Waals surface area contributed by atoms with E-state index in [4.69, 9.17) is 4.42 Å². The zero-order valence-electron chi connectivity index (χ0n) is 14.1. The second-order valence-corrected chi connectivity index (χ2v) is 6.33. The fourth-order valence-electron chi connectivity index (χ4n) is 2.96. The van der Waals surface area contributed by atoms with Crippen LogP contribution in [0.3, 0.4) is 0 Å². The number of nitrogens with zero attached hydrogens (tertiary/aromatic N) is 5. The summed E-state index contributed by atoms with van der Waals surface area (Å²) in [5.41, 5.74) is 0.145. The molecule has 1 saturated heterocycles. The van der Waals surface area contributed by atoms with E-state index in [1.54, 1.807) is 14.0 Å². The molecule has 8 nitrogen and oxygen atoms in total. The molecule has 0 saturated carbocycles. The van der Waals surface area contributed by atoms with Crippen LogP contribution < -0.4 is 4.90 Å². The number of β-amino-alcohol motifs (C(OH)–C–C–N with tert-alkyl or cyclic N) is 1. The smallest absolute Gasteiger partial charge is 0.275 e. The van der Waals surface area contributed by atoms with Gasteiger partial charge < -0.3 is 19.3 Å². The van der Waals surface area contributed by atoms with Crippen LogP contribution in [0, 0.1) is 13.8 Å². The third-order valence-electron chi connectivity index (χ3n) is 4.16. The maximum atomic E-state index is 12.3. The molecule has 24 heavy (non-hydrogen) atoms. The third kappa shape index (κ3) is 3.38. The predicted octanol–water partition coefficient (Wildman–Crippen LogP) is 0.795. The molecule has 3 heterocycles. The van der Waals surface area contributed by atoms with Crippen molar-refractivity contribution in [3.05, 3.63) is 35.9 Å². The summed E-state index contributed by atoms with van der Waals surface area (Å²) in [6.07, 6.45) is 3.42. The number of rotatable bonds is 4. The van der Waals surface area contributed by atoms with Crippen LogP contribution in [-0.4, -0.2) is 63.1 Å². The monoisotopic (exact) mass is 331 g/mol. The third-order valence-corrected chi connectivity index (χ3v) is 4.16. The summed E-state index contributed by atoms with van der Waals surface area (Å²) in [7, 11) is 1.65. The number of amides is 1. The maximum Gasteiger partial charge on any atom is 0.275 e. The van der Waals surface area contributed by atoms with Crippen LogP contribution in [0.15, 0.2) is 23.1 Å². The fraction of sp³-hybridized carbons (Fsp3) is 0.500. The van der Waals surface area contributed by atoms with Crippen LogP contribution >= 0.6 is 0 Å². The van der Waals surface area contributed by atoms with Crippen molar-refractivity contribution in [2.45, 2.75) is 25.9 Å². The summed E-state index contributed by atoms with van der Waals surface area (Å²) >= 11 is 0. The van der Waals surface area contributed by atoms with E-state index in [1.807, 2.05) is 17.9 Å². The molecule has 8 heteroatoms. The van der Waals surface area contributed by atoms with E-state index in [9.17, 15) is 9.90 Å². The predicted molar refractivity (Wildman–Crippen MR) is 86.7 cm³/mol. The number of hydrogen-bond acceptors (Lipinski definition) is 7. The Labute approximate surface area is 140 Å². The summed E-state index contributed by atoms with van der Waals surface area (Å²) in [4.78, 5) is 28.2. The molecule has 1 aliphatic heterocycles. The summed E-state index contributed by atoms with van der Waals surface area (Å²) in [5, 5.41) is 10.8. The van der Waals surface area contributed by atoms with Gasteiger partial charge in [-0.25, -0.2) is 15.0 Å². The Morgan fingerprint density at radius 3 is 2.92 bits per heavy atom. The fourth-order valence-corrected chi connectivity index (χ4v) is 2.96. The van der Waals surface area contributed by atoms with Gasteiger partial charge in [0, 0.05) is 38.8 Å². The lowest BCUT2D eigenvalue weighted by Gasteiger charge is -2.28. The van der Waals surface area contributed by atoms with Crippen molar-refractivity contribution < 1.29 is 14.3 Å². The molecule has 0 radical (unpaired) electrons. The average Bonchev–Trinajstić information content (AvgIpc) is 3.13. The van der Waals surface area contributed by atoms with Crippen molar-refractivity contribution in [3.63, 3.8) is 0 Å². The van der Waals surface area contributed by atoms with Crippen molar-refractivity contribution in [2.24, 2.45) is 0 Å². The highest BCUT2D eigenvalue weighted by molar-refractivity contribution is 5.91. The SMILES string of the molecule is Cc1cc(N2CC[C@@](O)(CN(C)C(=O)c3coc(C)n3)C2)ncn1. The molecule has 0 aliphatic carbocycles. The Morgan fingerprint density at radius 1 is 1.46 bits per heavy atom. The van der Waals surface area contributed by atoms with E-state index in [1.165, 1.54) is 17.5 Å². The first kappa shape index (κ1) is 16.4. The lowest BCUT2D eigenvalue weighted by atomic mass is 10.0. The number of carbonyl (C=O) groups is 1. The van der Waals surface area contributed by atoms with E-state index in [-0.39, 0.29) is 18.1 Å². The van der Waals surface area contributed by atoms with Crippen LogP contribution in [0.1, 0.15) is 28.5 Å². The number of anilines is 1. The van der Waals surface area contributed by atoms with Crippen LogP contribution in [0.5, 0.6) is 0 Å². The molecule has 3 rings (SSSR count). The van der Waals surface area contributed by atoms with Crippen LogP contribution in [0.2, 0.25) is 0 Å². The summed E-state index contributed by atoms with van der Waals surface area (Å²) in [5.74, 6) is 0.966. The minimum absolute atomic E-state index is 0.221. The van der Waals surface area contributed by atoms with Crippen LogP contribution in [0.4, 0.5) is 5.82 Å². The normalized spacial score (nSPS) is 20.4. The van der Waals surface area contributed by atoms with Gasteiger partial charge in [-0.2, -0.15) is 0 Å². The van der Waals surface area contributed by atoms with Gasteiger partial charge in [0.2, 0.25) is 0 Å². The molecule has 0 aromatic carbocycles.